The highest BCUT2D eigenvalue weighted by molar-refractivity contribution is 5.93. The van der Waals surface area contributed by atoms with E-state index in [4.69, 9.17) is 9.15 Å². The van der Waals surface area contributed by atoms with Crippen LogP contribution in [0.1, 0.15) is 40.5 Å². The van der Waals surface area contributed by atoms with E-state index >= 15 is 0 Å². The van der Waals surface area contributed by atoms with E-state index in [9.17, 15) is 4.79 Å². The molecule has 148 valence electrons. The molecule has 0 radical (unpaired) electrons. The molecule has 1 atom stereocenters. The van der Waals surface area contributed by atoms with Gasteiger partial charge in [-0.25, -0.2) is 4.68 Å². The van der Waals surface area contributed by atoms with Crippen molar-refractivity contribution in [1.82, 2.24) is 20.3 Å². The number of benzene rings is 2. The summed E-state index contributed by atoms with van der Waals surface area (Å²) in [5.74, 6) is 1.19. The molecule has 7 heteroatoms. The number of nitrogens with one attached hydrogen (secondary N) is 1. The van der Waals surface area contributed by atoms with Crippen LogP contribution in [0.3, 0.4) is 0 Å². The molecule has 0 saturated heterocycles. The molecule has 1 amide bonds. The summed E-state index contributed by atoms with van der Waals surface area (Å²) in [7, 11) is 1.61. The number of rotatable bonds is 5. The molecule has 7 nitrogen and oxygen atoms in total. The summed E-state index contributed by atoms with van der Waals surface area (Å²) in [5, 5.41) is 12.2. The molecule has 0 aliphatic carbocycles. The van der Waals surface area contributed by atoms with Crippen molar-refractivity contribution in [2.24, 2.45) is 0 Å². The van der Waals surface area contributed by atoms with Gasteiger partial charge >= 0.3 is 0 Å². The van der Waals surface area contributed by atoms with Gasteiger partial charge in [0.15, 0.2) is 5.69 Å². The van der Waals surface area contributed by atoms with Crippen molar-refractivity contribution in [3.63, 3.8) is 0 Å². The van der Waals surface area contributed by atoms with E-state index in [0.29, 0.717) is 5.69 Å². The van der Waals surface area contributed by atoms with E-state index < -0.39 is 0 Å². The van der Waals surface area contributed by atoms with Gasteiger partial charge in [0.05, 0.1) is 24.5 Å². The fraction of sp³-hybridized carbons (Fsp3) is 0.227. The van der Waals surface area contributed by atoms with Gasteiger partial charge in [-0.3, -0.25) is 4.79 Å². The Labute approximate surface area is 168 Å². The highest BCUT2D eigenvalue weighted by Crippen LogP contribution is 2.29. The maximum Gasteiger partial charge on any atom is 0.274 e. The van der Waals surface area contributed by atoms with Crippen LogP contribution in [0, 0.1) is 13.8 Å². The van der Waals surface area contributed by atoms with E-state index in [1.165, 1.54) is 0 Å². The number of aryl methyl sites for hydroxylation is 1. The first-order chi connectivity index (χ1) is 14.0. The lowest BCUT2D eigenvalue weighted by Gasteiger charge is -2.12. The second-order valence-corrected chi connectivity index (χ2v) is 6.92. The van der Waals surface area contributed by atoms with Crippen molar-refractivity contribution in [3.05, 3.63) is 71.2 Å². The Morgan fingerprint density at radius 2 is 1.86 bits per heavy atom. The van der Waals surface area contributed by atoms with Gasteiger partial charge in [-0.2, -0.15) is 0 Å². The molecule has 2 heterocycles. The van der Waals surface area contributed by atoms with Crippen molar-refractivity contribution >= 4 is 16.9 Å². The topological polar surface area (TPSA) is 82.2 Å². The molecule has 0 saturated carbocycles. The quantitative estimate of drug-likeness (QED) is 0.554. The molecular formula is C22H22N4O3. The number of amides is 1. The average molecular weight is 390 g/mol. The number of methoxy groups -OCH3 is 1. The van der Waals surface area contributed by atoms with Gasteiger partial charge in [-0.1, -0.05) is 23.4 Å². The van der Waals surface area contributed by atoms with E-state index in [-0.39, 0.29) is 17.6 Å². The van der Waals surface area contributed by atoms with Crippen LogP contribution in [0.15, 0.2) is 52.9 Å². The van der Waals surface area contributed by atoms with Gasteiger partial charge in [0.2, 0.25) is 0 Å². The number of hydrogen-bond donors (Lipinski definition) is 1. The lowest BCUT2D eigenvalue weighted by molar-refractivity contribution is 0.0930. The first-order valence-corrected chi connectivity index (χ1v) is 9.35. The summed E-state index contributed by atoms with van der Waals surface area (Å²) in [5.41, 5.74) is 3.56. The number of carbonyl (C=O) groups excluding carboxylic acids is 1. The minimum Gasteiger partial charge on any atom is -0.497 e. The first-order valence-electron chi connectivity index (χ1n) is 9.35. The number of furan rings is 1. The zero-order valence-electron chi connectivity index (χ0n) is 16.8. The molecular weight excluding hydrogens is 368 g/mol. The van der Waals surface area contributed by atoms with Crippen molar-refractivity contribution < 1.29 is 13.9 Å². The molecule has 0 aliphatic rings. The van der Waals surface area contributed by atoms with Gasteiger partial charge in [0.25, 0.3) is 5.91 Å². The number of nitrogens with zero attached hydrogens (tertiary/aromatic N) is 3. The summed E-state index contributed by atoms with van der Waals surface area (Å²) < 4.78 is 12.8. The second kappa shape index (κ2) is 7.43. The summed E-state index contributed by atoms with van der Waals surface area (Å²) in [6, 6.07) is 14.9. The zero-order valence-corrected chi connectivity index (χ0v) is 16.8. The summed E-state index contributed by atoms with van der Waals surface area (Å²) in [6.07, 6.45) is 0. The number of para-hydroxylation sites is 1. The van der Waals surface area contributed by atoms with Crippen LogP contribution in [0.5, 0.6) is 5.75 Å². The molecule has 0 bridgehead atoms. The van der Waals surface area contributed by atoms with E-state index in [2.05, 4.69) is 15.6 Å². The van der Waals surface area contributed by atoms with Crippen LogP contribution < -0.4 is 10.1 Å². The van der Waals surface area contributed by atoms with Crippen molar-refractivity contribution in [2.45, 2.75) is 26.8 Å². The molecule has 4 aromatic rings. The van der Waals surface area contributed by atoms with Crippen molar-refractivity contribution in [3.8, 4) is 11.4 Å². The van der Waals surface area contributed by atoms with E-state index in [1.54, 1.807) is 11.8 Å². The van der Waals surface area contributed by atoms with Crippen molar-refractivity contribution in [1.29, 1.82) is 0 Å². The first kappa shape index (κ1) is 18.7. The number of aromatic nitrogens is 3. The van der Waals surface area contributed by atoms with Gasteiger partial charge < -0.3 is 14.5 Å². The molecule has 2 aromatic carbocycles. The highest BCUT2D eigenvalue weighted by Gasteiger charge is 2.22. The molecule has 1 unspecified atom stereocenters. The van der Waals surface area contributed by atoms with Crippen molar-refractivity contribution in [2.75, 3.05) is 7.11 Å². The minimum atomic E-state index is -0.305. The highest BCUT2D eigenvalue weighted by atomic mass is 16.5. The molecule has 4 rings (SSSR count). The maximum absolute atomic E-state index is 12.8. The van der Waals surface area contributed by atoms with Gasteiger partial charge in [-0.05, 0) is 51.1 Å². The Hall–Kier alpha value is -3.61. The fourth-order valence-corrected chi connectivity index (χ4v) is 3.44. The number of ether oxygens (including phenoxy) is 1. The molecule has 0 spiro atoms. The third-order valence-electron chi connectivity index (χ3n) is 5.05. The SMILES string of the molecule is COc1ccc(-n2nnc(C(=O)NC(C)c3oc4ccccc4c3C)c2C)cc1. The largest absolute Gasteiger partial charge is 0.497 e. The molecule has 29 heavy (non-hydrogen) atoms. The smallest absolute Gasteiger partial charge is 0.274 e. The predicted molar refractivity (Wildman–Crippen MR) is 109 cm³/mol. The summed E-state index contributed by atoms with van der Waals surface area (Å²) in [6.45, 7) is 5.71. The molecule has 0 aliphatic heterocycles. The molecule has 1 N–H and O–H groups in total. The van der Waals surface area contributed by atoms with Crippen LogP contribution >= 0.6 is 0 Å². The van der Waals surface area contributed by atoms with Crippen LogP contribution in [-0.4, -0.2) is 28.0 Å². The van der Waals surface area contributed by atoms with Gasteiger partial charge in [0.1, 0.15) is 17.1 Å². The van der Waals surface area contributed by atoms with Crippen LogP contribution in [0.2, 0.25) is 0 Å². The third kappa shape index (κ3) is 3.35. The Bertz CT molecular complexity index is 1170. The maximum atomic E-state index is 12.8. The summed E-state index contributed by atoms with van der Waals surface area (Å²) in [4.78, 5) is 12.8. The third-order valence-corrected chi connectivity index (χ3v) is 5.05. The normalized spacial score (nSPS) is 12.1. The Balaban J connectivity index is 1.56. The van der Waals surface area contributed by atoms with E-state index in [1.807, 2.05) is 69.3 Å². The lowest BCUT2D eigenvalue weighted by atomic mass is 10.1. The Morgan fingerprint density at radius 1 is 1.14 bits per heavy atom. The van der Waals surface area contributed by atoms with E-state index in [0.717, 1.165) is 33.7 Å². The second-order valence-electron chi connectivity index (χ2n) is 6.92. The van der Waals surface area contributed by atoms with Gasteiger partial charge in [0, 0.05) is 10.9 Å². The number of hydrogen-bond acceptors (Lipinski definition) is 5. The van der Waals surface area contributed by atoms with Crippen LogP contribution in [0.4, 0.5) is 0 Å². The summed E-state index contributed by atoms with van der Waals surface area (Å²) >= 11 is 0. The average Bonchev–Trinajstić information content (AvgIpc) is 3.28. The Morgan fingerprint density at radius 3 is 2.55 bits per heavy atom. The number of carbonyl (C=O) groups is 1. The standard InChI is InChI=1S/C22H22N4O3/c1-13-18-7-5-6-8-19(18)29-21(13)14(2)23-22(27)20-15(3)26(25-24-20)16-9-11-17(28-4)12-10-16/h5-12,14H,1-4H3,(H,23,27). The zero-order chi connectivity index (χ0) is 20.5. The molecule has 0 fully saturated rings. The Kier molecular flexibility index (Phi) is 4.80. The fourth-order valence-electron chi connectivity index (χ4n) is 3.44. The number of fused-ring (bicyclic) bond motifs is 1. The van der Waals surface area contributed by atoms with Crippen LogP contribution in [0.25, 0.3) is 16.7 Å². The predicted octanol–water partition coefficient (Wildman–Crippen LogP) is 4.13. The minimum absolute atomic E-state index is 0.279. The van der Waals surface area contributed by atoms with Gasteiger partial charge in [-0.15, -0.1) is 5.10 Å². The lowest BCUT2D eigenvalue weighted by Crippen LogP contribution is -2.27. The monoisotopic (exact) mass is 390 g/mol. The van der Waals surface area contributed by atoms with Crippen LogP contribution in [-0.2, 0) is 0 Å². The molecule has 2 aromatic heterocycles.